The van der Waals surface area contributed by atoms with Gasteiger partial charge >= 0.3 is 0 Å². The van der Waals surface area contributed by atoms with Crippen LogP contribution in [0.5, 0.6) is 5.75 Å². The van der Waals surface area contributed by atoms with E-state index in [2.05, 4.69) is 4.72 Å². The molecule has 2 rings (SSSR count). The van der Waals surface area contributed by atoms with Gasteiger partial charge in [-0.25, -0.2) is 4.72 Å². The van der Waals surface area contributed by atoms with E-state index in [4.69, 9.17) is 4.74 Å². The van der Waals surface area contributed by atoms with Crippen molar-refractivity contribution in [2.24, 2.45) is 0 Å². The Morgan fingerprint density at radius 2 is 1.71 bits per heavy atom. The van der Waals surface area contributed by atoms with Crippen molar-refractivity contribution in [1.29, 1.82) is 0 Å². The van der Waals surface area contributed by atoms with Crippen molar-refractivity contribution in [3.8, 4) is 5.75 Å². The van der Waals surface area contributed by atoms with Gasteiger partial charge < -0.3 is 4.74 Å². The van der Waals surface area contributed by atoms with E-state index in [0.29, 0.717) is 26.1 Å². The van der Waals surface area contributed by atoms with Crippen LogP contribution < -0.4 is 9.46 Å². The number of rotatable bonds is 6. The lowest BCUT2D eigenvalue weighted by atomic mass is 10.1. The van der Waals surface area contributed by atoms with Crippen LogP contribution in [0.15, 0.2) is 24.3 Å². The molecule has 1 N–H and O–H groups in total. The Morgan fingerprint density at radius 3 is 2.29 bits per heavy atom. The third kappa shape index (κ3) is 4.98. The van der Waals surface area contributed by atoms with E-state index < -0.39 is 10.2 Å². The van der Waals surface area contributed by atoms with Gasteiger partial charge in [-0.15, -0.1) is 0 Å². The van der Waals surface area contributed by atoms with Crippen LogP contribution >= 0.6 is 0 Å². The van der Waals surface area contributed by atoms with Gasteiger partial charge in [0, 0.05) is 19.6 Å². The lowest BCUT2D eigenvalue weighted by Gasteiger charge is -2.20. The van der Waals surface area contributed by atoms with E-state index in [9.17, 15) is 8.42 Å². The molecule has 21 heavy (non-hydrogen) atoms. The van der Waals surface area contributed by atoms with Gasteiger partial charge in [0.05, 0.1) is 7.11 Å². The Labute approximate surface area is 127 Å². The third-order valence-electron chi connectivity index (χ3n) is 3.76. The van der Waals surface area contributed by atoms with E-state index in [1.807, 2.05) is 24.3 Å². The Kier molecular flexibility index (Phi) is 6.02. The Bertz CT molecular complexity index is 520. The molecule has 0 radical (unpaired) electrons. The largest absolute Gasteiger partial charge is 0.497 e. The van der Waals surface area contributed by atoms with Crippen LogP contribution in [0, 0.1) is 0 Å². The minimum Gasteiger partial charge on any atom is -0.497 e. The molecule has 1 saturated heterocycles. The van der Waals surface area contributed by atoms with Crippen molar-refractivity contribution >= 4 is 10.2 Å². The molecular weight excluding hydrogens is 288 g/mol. The normalized spacial score (nSPS) is 17.4. The van der Waals surface area contributed by atoms with Crippen molar-refractivity contribution in [3.63, 3.8) is 0 Å². The zero-order valence-corrected chi connectivity index (χ0v) is 13.4. The molecule has 1 fully saturated rings. The molecule has 1 aromatic carbocycles. The number of hydrogen-bond acceptors (Lipinski definition) is 3. The molecular formula is C15H24N2O3S. The molecule has 0 unspecified atom stereocenters. The number of nitrogens with zero attached hydrogens (tertiary/aromatic N) is 1. The number of methoxy groups -OCH3 is 1. The van der Waals surface area contributed by atoms with Gasteiger partial charge in [-0.1, -0.05) is 25.0 Å². The smallest absolute Gasteiger partial charge is 0.279 e. The van der Waals surface area contributed by atoms with Crippen molar-refractivity contribution < 1.29 is 13.2 Å². The van der Waals surface area contributed by atoms with Crippen LogP contribution in [0.25, 0.3) is 0 Å². The number of hydrogen-bond donors (Lipinski definition) is 1. The van der Waals surface area contributed by atoms with Crippen molar-refractivity contribution in [2.45, 2.75) is 32.1 Å². The summed E-state index contributed by atoms with van der Waals surface area (Å²) in [5.74, 6) is 0.809. The molecule has 118 valence electrons. The average Bonchev–Trinajstić information content (AvgIpc) is 2.77. The van der Waals surface area contributed by atoms with E-state index in [-0.39, 0.29) is 0 Å². The highest BCUT2D eigenvalue weighted by molar-refractivity contribution is 7.87. The SMILES string of the molecule is COc1ccc(CCNS(=O)(=O)N2CCCCCC2)cc1. The molecule has 0 bridgehead atoms. The van der Waals surface area contributed by atoms with Crippen LogP contribution in [0.1, 0.15) is 31.2 Å². The highest BCUT2D eigenvalue weighted by Gasteiger charge is 2.21. The molecule has 0 aromatic heterocycles. The Balaban J connectivity index is 1.83. The average molecular weight is 312 g/mol. The summed E-state index contributed by atoms with van der Waals surface area (Å²) in [4.78, 5) is 0. The van der Waals surface area contributed by atoms with Gasteiger partial charge in [0.25, 0.3) is 10.2 Å². The van der Waals surface area contributed by atoms with Gasteiger partial charge in [-0.2, -0.15) is 12.7 Å². The summed E-state index contributed by atoms with van der Waals surface area (Å²) in [5.41, 5.74) is 1.09. The maximum atomic E-state index is 12.2. The van der Waals surface area contributed by atoms with Crippen molar-refractivity contribution in [1.82, 2.24) is 9.03 Å². The summed E-state index contributed by atoms with van der Waals surface area (Å²) >= 11 is 0. The second-order valence-corrected chi connectivity index (χ2v) is 7.07. The van der Waals surface area contributed by atoms with Crippen LogP contribution in [0.3, 0.4) is 0 Å². The first-order chi connectivity index (χ1) is 10.1. The van der Waals surface area contributed by atoms with Gasteiger partial charge in [-0.3, -0.25) is 0 Å². The fourth-order valence-electron chi connectivity index (χ4n) is 2.49. The molecule has 0 saturated carbocycles. The lowest BCUT2D eigenvalue weighted by Crippen LogP contribution is -2.41. The second-order valence-electron chi connectivity index (χ2n) is 5.31. The fraction of sp³-hybridized carbons (Fsp3) is 0.600. The van der Waals surface area contributed by atoms with E-state index in [1.54, 1.807) is 11.4 Å². The maximum Gasteiger partial charge on any atom is 0.279 e. The number of nitrogens with one attached hydrogen (secondary N) is 1. The minimum absolute atomic E-state index is 0.422. The quantitative estimate of drug-likeness (QED) is 0.873. The van der Waals surface area contributed by atoms with E-state index >= 15 is 0 Å². The van der Waals surface area contributed by atoms with Crippen LogP contribution in [0.2, 0.25) is 0 Å². The maximum absolute atomic E-state index is 12.2. The monoisotopic (exact) mass is 312 g/mol. The first-order valence-electron chi connectivity index (χ1n) is 7.49. The summed E-state index contributed by atoms with van der Waals surface area (Å²) in [7, 11) is -1.70. The summed E-state index contributed by atoms with van der Waals surface area (Å²) in [6.45, 7) is 1.70. The van der Waals surface area contributed by atoms with Gasteiger partial charge in [0.1, 0.15) is 5.75 Å². The van der Waals surface area contributed by atoms with Crippen LogP contribution in [0.4, 0.5) is 0 Å². The number of benzene rings is 1. The zero-order valence-electron chi connectivity index (χ0n) is 12.5. The van der Waals surface area contributed by atoms with Crippen molar-refractivity contribution in [2.75, 3.05) is 26.7 Å². The standard InChI is InChI=1S/C15H24N2O3S/c1-20-15-8-6-14(7-9-15)10-11-16-21(18,19)17-12-4-2-3-5-13-17/h6-9,16H,2-5,10-13H2,1H3. The minimum atomic E-state index is -3.33. The highest BCUT2D eigenvalue weighted by atomic mass is 32.2. The molecule has 0 aliphatic carbocycles. The lowest BCUT2D eigenvalue weighted by molar-refractivity contribution is 0.414. The predicted octanol–water partition coefficient (Wildman–Crippen LogP) is 1.95. The molecule has 0 atom stereocenters. The summed E-state index contributed by atoms with van der Waals surface area (Å²) in [6, 6.07) is 7.69. The highest BCUT2D eigenvalue weighted by Crippen LogP contribution is 2.13. The van der Waals surface area contributed by atoms with E-state index in [0.717, 1.165) is 37.0 Å². The summed E-state index contributed by atoms with van der Waals surface area (Å²) in [6.07, 6.45) is 4.84. The molecule has 0 amide bonds. The fourth-order valence-corrected chi connectivity index (χ4v) is 3.77. The molecule has 1 aliphatic heterocycles. The molecule has 0 spiro atoms. The topological polar surface area (TPSA) is 58.6 Å². The summed E-state index contributed by atoms with van der Waals surface area (Å²) in [5, 5.41) is 0. The molecule has 6 heteroatoms. The first kappa shape index (κ1) is 16.3. The zero-order chi connectivity index (χ0) is 15.1. The first-order valence-corrected chi connectivity index (χ1v) is 8.93. The van der Waals surface area contributed by atoms with Gasteiger partial charge in [-0.05, 0) is 37.0 Å². The third-order valence-corrected chi connectivity index (χ3v) is 5.38. The Hall–Kier alpha value is -1.11. The number of ether oxygens (including phenoxy) is 1. The van der Waals surface area contributed by atoms with Crippen LogP contribution in [-0.4, -0.2) is 39.5 Å². The van der Waals surface area contributed by atoms with Gasteiger partial charge in [0.2, 0.25) is 0 Å². The molecule has 1 aromatic rings. The predicted molar refractivity (Wildman–Crippen MR) is 83.7 cm³/mol. The second kappa shape index (κ2) is 7.77. The molecule has 5 nitrogen and oxygen atoms in total. The van der Waals surface area contributed by atoms with Crippen molar-refractivity contribution in [3.05, 3.63) is 29.8 Å². The van der Waals surface area contributed by atoms with E-state index in [1.165, 1.54) is 0 Å². The summed E-state index contributed by atoms with van der Waals surface area (Å²) < 4.78 is 33.8. The molecule has 1 heterocycles. The van der Waals surface area contributed by atoms with Crippen LogP contribution in [-0.2, 0) is 16.6 Å². The Morgan fingerprint density at radius 1 is 1.10 bits per heavy atom. The van der Waals surface area contributed by atoms with Gasteiger partial charge in [0.15, 0.2) is 0 Å². The molecule has 1 aliphatic rings.